The van der Waals surface area contributed by atoms with Gasteiger partial charge in [0.05, 0.1) is 0 Å². The van der Waals surface area contributed by atoms with Gasteiger partial charge in [-0.15, -0.1) is 0 Å². The van der Waals surface area contributed by atoms with Crippen molar-refractivity contribution in [3.63, 3.8) is 0 Å². The fourth-order valence-corrected chi connectivity index (χ4v) is 1.56. The van der Waals surface area contributed by atoms with Crippen molar-refractivity contribution < 1.29 is 9.18 Å². The molecular formula is C15H13FN2O. The van der Waals surface area contributed by atoms with Crippen molar-refractivity contribution in [2.24, 2.45) is 5.10 Å². The van der Waals surface area contributed by atoms with Gasteiger partial charge in [0.2, 0.25) is 0 Å². The molecule has 0 atom stereocenters. The number of halogens is 1. The van der Waals surface area contributed by atoms with E-state index < -0.39 is 11.7 Å². The molecule has 0 saturated carbocycles. The van der Waals surface area contributed by atoms with Gasteiger partial charge >= 0.3 is 0 Å². The summed E-state index contributed by atoms with van der Waals surface area (Å²) < 4.78 is 12.9. The number of carbonyl (C=O) groups excluding carboxylic acids is 1. The number of nitrogens with zero attached hydrogens (tertiary/aromatic N) is 1. The Hall–Kier alpha value is -2.49. The highest BCUT2D eigenvalue weighted by atomic mass is 19.1. The number of nitrogens with one attached hydrogen (secondary N) is 1. The van der Waals surface area contributed by atoms with Crippen LogP contribution in [-0.2, 0) is 6.42 Å². The number of amides is 1. The molecule has 0 aliphatic rings. The van der Waals surface area contributed by atoms with Crippen molar-refractivity contribution in [3.05, 3.63) is 71.5 Å². The summed E-state index contributed by atoms with van der Waals surface area (Å²) in [5, 5.41) is 3.83. The Bertz CT molecular complexity index is 582. The van der Waals surface area contributed by atoms with Gasteiger partial charge in [0.1, 0.15) is 5.82 Å². The lowest BCUT2D eigenvalue weighted by atomic mass is 10.2. The lowest BCUT2D eigenvalue weighted by molar-refractivity contribution is 0.0954. The molecule has 1 amide bonds. The number of carbonyl (C=O) groups is 1. The molecule has 96 valence electrons. The highest BCUT2D eigenvalue weighted by Crippen LogP contribution is 2.03. The minimum atomic E-state index is -0.444. The molecule has 0 aromatic heterocycles. The number of hydrogen-bond acceptors (Lipinski definition) is 2. The summed E-state index contributed by atoms with van der Waals surface area (Å²) >= 11 is 0. The lowest BCUT2D eigenvalue weighted by Gasteiger charge is -1.99. The van der Waals surface area contributed by atoms with Crippen LogP contribution < -0.4 is 5.43 Å². The Kier molecular flexibility index (Phi) is 4.39. The van der Waals surface area contributed by atoms with Crippen LogP contribution in [0.5, 0.6) is 0 Å². The van der Waals surface area contributed by atoms with E-state index >= 15 is 0 Å². The quantitative estimate of drug-likeness (QED) is 0.663. The molecule has 0 aliphatic carbocycles. The number of rotatable bonds is 4. The molecular weight excluding hydrogens is 243 g/mol. The predicted octanol–water partition coefficient (Wildman–Crippen LogP) is 2.78. The fraction of sp³-hybridized carbons (Fsp3) is 0.0667. The summed E-state index contributed by atoms with van der Waals surface area (Å²) in [6.45, 7) is 0. The standard InChI is InChI=1S/C15H13FN2O/c16-14-8-4-7-13(11-14)15(19)18-17-10-9-12-5-2-1-3-6-12/h1-8,10-11H,9H2,(H,18,19)/b17-10+. The summed E-state index contributed by atoms with van der Waals surface area (Å²) in [6.07, 6.45) is 2.23. The molecule has 2 aromatic carbocycles. The van der Waals surface area contributed by atoms with Crippen LogP contribution in [0.25, 0.3) is 0 Å². The van der Waals surface area contributed by atoms with Crippen molar-refractivity contribution in [2.45, 2.75) is 6.42 Å². The van der Waals surface area contributed by atoms with E-state index in [1.165, 1.54) is 24.3 Å². The fourth-order valence-electron chi connectivity index (χ4n) is 1.56. The second kappa shape index (κ2) is 6.44. The maximum Gasteiger partial charge on any atom is 0.271 e. The van der Waals surface area contributed by atoms with Crippen LogP contribution >= 0.6 is 0 Å². The van der Waals surface area contributed by atoms with Gasteiger partial charge in [-0.2, -0.15) is 5.10 Å². The van der Waals surface area contributed by atoms with E-state index in [1.807, 2.05) is 30.3 Å². The van der Waals surface area contributed by atoms with E-state index in [0.717, 1.165) is 5.56 Å². The van der Waals surface area contributed by atoms with Crippen LogP contribution in [-0.4, -0.2) is 12.1 Å². The van der Waals surface area contributed by atoms with Crippen LogP contribution in [0.3, 0.4) is 0 Å². The molecule has 0 aliphatic heterocycles. The first-order valence-corrected chi connectivity index (χ1v) is 5.87. The van der Waals surface area contributed by atoms with Crippen molar-refractivity contribution in [1.82, 2.24) is 5.43 Å². The van der Waals surface area contributed by atoms with Gasteiger partial charge in [0, 0.05) is 18.2 Å². The molecule has 0 heterocycles. The van der Waals surface area contributed by atoms with E-state index in [4.69, 9.17) is 0 Å². The van der Waals surface area contributed by atoms with E-state index in [0.29, 0.717) is 6.42 Å². The van der Waals surface area contributed by atoms with Crippen LogP contribution in [0, 0.1) is 5.82 Å². The van der Waals surface area contributed by atoms with E-state index in [-0.39, 0.29) is 5.56 Å². The van der Waals surface area contributed by atoms with Gasteiger partial charge in [0.15, 0.2) is 0 Å². The number of hydrazone groups is 1. The highest BCUT2D eigenvalue weighted by Gasteiger charge is 2.04. The van der Waals surface area contributed by atoms with Gasteiger partial charge in [0.25, 0.3) is 5.91 Å². The van der Waals surface area contributed by atoms with Crippen molar-refractivity contribution in [3.8, 4) is 0 Å². The van der Waals surface area contributed by atoms with Gasteiger partial charge in [-0.3, -0.25) is 4.79 Å². The third-order valence-electron chi connectivity index (χ3n) is 2.51. The predicted molar refractivity (Wildman–Crippen MR) is 72.5 cm³/mol. The summed E-state index contributed by atoms with van der Waals surface area (Å²) in [6, 6.07) is 15.2. The van der Waals surface area contributed by atoms with Gasteiger partial charge in [-0.05, 0) is 23.8 Å². The zero-order valence-electron chi connectivity index (χ0n) is 10.2. The average molecular weight is 256 g/mol. The zero-order chi connectivity index (χ0) is 13.5. The molecule has 0 saturated heterocycles. The molecule has 2 aromatic rings. The van der Waals surface area contributed by atoms with Crippen LogP contribution in [0.1, 0.15) is 15.9 Å². The maximum atomic E-state index is 12.9. The first-order valence-electron chi connectivity index (χ1n) is 5.87. The molecule has 1 N–H and O–H groups in total. The Balaban J connectivity index is 1.87. The maximum absolute atomic E-state index is 12.9. The Morgan fingerprint density at radius 3 is 2.68 bits per heavy atom. The van der Waals surface area contributed by atoms with Crippen LogP contribution in [0.4, 0.5) is 4.39 Å². The SMILES string of the molecule is O=C(N/N=C/Cc1ccccc1)c1cccc(F)c1. The molecule has 0 unspecified atom stereocenters. The van der Waals surface area contributed by atoms with Crippen molar-refractivity contribution >= 4 is 12.1 Å². The number of hydrogen-bond donors (Lipinski definition) is 1. The molecule has 3 nitrogen and oxygen atoms in total. The summed E-state index contributed by atoms with van der Waals surface area (Å²) in [7, 11) is 0. The zero-order valence-corrected chi connectivity index (χ0v) is 10.2. The molecule has 4 heteroatoms. The second-order valence-electron chi connectivity index (χ2n) is 3.95. The average Bonchev–Trinajstić information content (AvgIpc) is 2.44. The topological polar surface area (TPSA) is 41.5 Å². The number of benzene rings is 2. The molecule has 0 radical (unpaired) electrons. The summed E-state index contributed by atoms with van der Waals surface area (Å²) in [4.78, 5) is 11.6. The van der Waals surface area contributed by atoms with Crippen LogP contribution in [0.2, 0.25) is 0 Å². The summed E-state index contributed by atoms with van der Waals surface area (Å²) in [5.41, 5.74) is 3.71. The van der Waals surface area contributed by atoms with Gasteiger partial charge in [-0.25, -0.2) is 9.82 Å². The van der Waals surface area contributed by atoms with Crippen LogP contribution in [0.15, 0.2) is 59.7 Å². The molecule has 0 bridgehead atoms. The van der Waals surface area contributed by atoms with E-state index in [1.54, 1.807) is 6.21 Å². The normalized spacial score (nSPS) is 10.6. The van der Waals surface area contributed by atoms with E-state index in [9.17, 15) is 9.18 Å². The minimum absolute atomic E-state index is 0.247. The largest absolute Gasteiger partial charge is 0.271 e. The Labute approximate surface area is 110 Å². The van der Waals surface area contributed by atoms with E-state index in [2.05, 4.69) is 10.5 Å². The Morgan fingerprint density at radius 2 is 1.95 bits per heavy atom. The lowest BCUT2D eigenvalue weighted by Crippen LogP contribution is -2.17. The Morgan fingerprint density at radius 1 is 1.16 bits per heavy atom. The monoisotopic (exact) mass is 256 g/mol. The first-order chi connectivity index (χ1) is 9.25. The first kappa shape index (κ1) is 13.0. The minimum Gasteiger partial charge on any atom is -0.267 e. The third-order valence-corrected chi connectivity index (χ3v) is 2.51. The second-order valence-corrected chi connectivity index (χ2v) is 3.95. The highest BCUT2D eigenvalue weighted by molar-refractivity contribution is 5.94. The smallest absolute Gasteiger partial charge is 0.267 e. The molecule has 19 heavy (non-hydrogen) atoms. The molecule has 0 fully saturated rings. The van der Waals surface area contributed by atoms with Gasteiger partial charge in [-0.1, -0.05) is 36.4 Å². The third kappa shape index (κ3) is 4.03. The van der Waals surface area contributed by atoms with Crippen molar-refractivity contribution in [1.29, 1.82) is 0 Å². The van der Waals surface area contributed by atoms with Crippen molar-refractivity contribution in [2.75, 3.05) is 0 Å². The molecule has 0 spiro atoms. The van der Waals surface area contributed by atoms with Gasteiger partial charge < -0.3 is 0 Å². The summed E-state index contributed by atoms with van der Waals surface area (Å²) in [5.74, 6) is -0.871. The molecule has 2 rings (SSSR count).